The Bertz CT molecular complexity index is 135. The standard InChI is InChI=1S/C6H10Br3NOS/c7-6(8,9)11-12-10-4-2-1-3-5-10/h1-5H2. The zero-order valence-electron chi connectivity index (χ0n) is 6.43. The maximum atomic E-state index is 5.36. The lowest BCUT2D eigenvalue weighted by atomic mass is 10.2. The van der Waals surface area contributed by atoms with Gasteiger partial charge >= 0.3 is 0 Å². The number of hydrogen-bond donors (Lipinski definition) is 0. The van der Waals surface area contributed by atoms with Gasteiger partial charge in [-0.25, -0.2) is 4.31 Å². The second-order valence-corrected chi connectivity index (χ2v) is 9.97. The summed E-state index contributed by atoms with van der Waals surface area (Å²) in [5, 5.41) is 0. The minimum absolute atomic E-state index is 0.588. The Morgan fingerprint density at radius 1 is 1.08 bits per heavy atom. The van der Waals surface area contributed by atoms with Crippen molar-refractivity contribution in [1.29, 1.82) is 0 Å². The van der Waals surface area contributed by atoms with Gasteiger partial charge < -0.3 is 0 Å². The maximum Gasteiger partial charge on any atom is 0.247 e. The molecule has 2 nitrogen and oxygen atoms in total. The third-order valence-corrected chi connectivity index (χ3v) is 3.58. The summed E-state index contributed by atoms with van der Waals surface area (Å²) >= 11 is 11.2. The molecule has 1 aliphatic heterocycles. The van der Waals surface area contributed by atoms with Gasteiger partial charge in [-0.1, -0.05) is 6.42 Å². The van der Waals surface area contributed by atoms with Gasteiger partial charge in [0.05, 0.1) is 12.2 Å². The summed E-state index contributed by atoms with van der Waals surface area (Å²) in [4.78, 5) is 0. The van der Waals surface area contributed by atoms with Crippen LogP contribution < -0.4 is 0 Å². The predicted octanol–water partition coefficient (Wildman–Crippen LogP) is 3.85. The molecule has 0 unspecified atom stereocenters. The molecule has 72 valence electrons. The zero-order chi connectivity index (χ0) is 9.03. The van der Waals surface area contributed by atoms with E-state index in [0.717, 1.165) is 13.1 Å². The Labute approximate surface area is 103 Å². The molecule has 0 bridgehead atoms. The predicted molar refractivity (Wildman–Crippen MR) is 63.6 cm³/mol. The lowest BCUT2D eigenvalue weighted by Gasteiger charge is -2.25. The number of piperidine rings is 1. The molecule has 0 aliphatic carbocycles. The summed E-state index contributed by atoms with van der Waals surface area (Å²) in [6.45, 7) is 2.24. The number of rotatable bonds is 2. The van der Waals surface area contributed by atoms with E-state index in [-0.39, 0.29) is 0 Å². The molecule has 0 spiro atoms. The van der Waals surface area contributed by atoms with Crippen LogP contribution in [-0.2, 0) is 4.18 Å². The van der Waals surface area contributed by atoms with E-state index in [4.69, 9.17) is 4.18 Å². The molecule has 0 radical (unpaired) electrons. The largest absolute Gasteiger partial charge is 0.260 e. The van der Waals surface area contributed by atoms with Gasteiger partial charge in [0.15, 0.2) is 0 Å². The smallest absolute Gasteiger partial charge is 0.247 e. The molecular formula is C6H10Br3NOS. The zero-order valence-corrected chi connectivity index (χ0v) is 12.0. The van der Waals surface area contributed by atoms with Crippen LogP contribution in [0.4, 0.5) is 0 Å². The van der Waals surface area contributed by atoms with Gasteiger partial charge in [0, 0.05) is 13.1 Å². The summed E-state index contributed by atoms with van der Waals surface area (Å²) < 4.78 is 7.00. The maximum absolute atomic E-state index is 5.36. The quantitative estimate of drug-likeness (QED) is 0.408. The molecule has 0 aromatic heterocycles. The number of hydrogen-bond acceptors (Lipinski definition) is 3. The topological polar surface area (TPSA) is 12.5 Å². The van der Waals surface area contributed by atoms with E-state index >= 15 is 0 Å². The molecule has 0 saturated carbocycles. The van der Waals surface area contributed by atoms with Crippen LogP contribution in [0.1, 0.15) is 19.3 Å². The number of alkyl halides is 3. The monoisotopic (exact) mass is 381 g/mol. The number of nitrogens with zero attached hydrogens (tertiary/aromatic N) is 1. The first-order chi connectivity index (χ1) is 5.58. The Hall–Kier alpha value is 1.71. The Morgan fingerprint density at radius 3 is 2.17 bits per heavy atom. The highest BCUT2D eigenvalue weighted by Crippen LogP contribution is 2.39. The lowest BCUT2D eigenvalue weighted by Crippen LogP contribution is -2.24. The third kappa shape index (κ3) is 5.44. The van der Waals surface area contributed by atoms with Crippen molar-refractivity contribution in [1.82, 2.24) is 4.31 Å². The van der Waals surface area contributed by atoms with Gasteiger partial charge in [0.2, 0.25) is 2.33 Å². The van der Waals surface area contributed by atoms with Crippen molar-refractivity contribution in [2.45, 2.75) is 21.6 Å². The van der Waals surface area contributed by atoms with Crippen molar-refractivity contribution < 1.29 is 4.18 Å². The molecular weight excluding hydrogens is 374 g/mol. The van der Waals surface area contributed by atoms with Gasteiger partial charge in [-0.05, 0) is 60.6 Å². The van der Waals surface area contributed by atoms with Crippen LogP contribution in [0.2, 0.25) is 0 Å². The Balaban J connectivity index is 2.13. The SMILES string of the molecule is BrC(Br)(Br)OSN1CCCCC1. The molecule has 1 rings (SSSR count). The second kappa shape index (κ2) is 5.56. The molecule has 1 saturated heterocycles. The van der Waals surface area contributed by atoms with Crippen LogP contribution in [0.3, 0.4) is 0 Å². The van der Waals surface area contributed by atoms with Crippen LogP contribution in [0.5, 0.6) is 0 Å². The van der Waals surface area contributed by atoms with Gasteiger partial charge in [-0.3, -0.25) is 4.18 Å². The minimum atomic E-state index is -0.588. The van der Waals surface area contributed by atoms with E-state index < -0.39 is 2.33 Å². The van der Waals surface area contributed by atoms with Gasteiger partial charge in [0.25, 0.3) is 0 Å². The van der Waals surface area contributed by atoms with Crippen LogP contribution in [0, 0.1) is 0 Å². The normalized spacial score (nSPS) is 21.2. The highest BCUT2D eigenvalue weighted by Gasteiger charge is 2.21. The number of halogens is 3. The molecule has 1 heterocycles. The average molecular weight is 384 g/mol. The summed E-state index contributed by atoms with van der Waals surface area (Å²) in [7, 11) is 0. The van der Waals surface area contributed by atoms with E-state index in [0.29, 0.717) is 0 Å². The fraction of sp³-hybridized carbons (Fsp3) is 1.00. The molecule has 1 aliphatic rings. The van der Waals surface area contributed by atoms with Gasteiger partial charge in [0.1, 0.15) is 0 Å². The first kappa shape index (κ1) is 11.8. The summed E-state index contributed by atoms with van der Waals surface area (Å²) in [6, 6.07) is 0. The molecule has 0 amide bonds. The molecule has 12 heavy (non-hydrogen) atoms. The molecule has 0 aromatic carbocycles. The average Bonchev–Trinajstić information content (AvgIpc) is 2.02. The van der Waals surface area contributed by atoms with Gasteiger partial charge in [-0.15, -0.1) is 0 Å². The first-order valence-corrected chi connectivity index (χ1v) is 6.83. The third-order valence-electron chi connectivity index (χ3n) is 1.55. The summed E-state index contributed by atoms with van der Waals surface area (Å²) in [5.74, 6) is 0. The minimum Gasteiger partial charge on any atom is -0.260 e. The molecule has 0 atom stereocenters. The van der Waals surface area contributed by atoms with E-state index in [1.165, 1.54) is 31.5 Å². The highest BCUT2D eigenvalue weighted by molar-refractivity contribution is 9.39. The Kier molecular flexibility index (Phi) is 5.46. The van der Waals surface area contributed by atoms with Crippen molar-refractivity contribution >= 4 is 60.0 Å². The Morgan fingerprint density at radius 2 is 1.67 bits per heavy atom. The van der Waals surface area contributed by atoms with Crippen LogP contribution in [-0.4, -0.2) is 19.7 Å². The van der Waals surface area contributed by atoms with Crippen molar-refractivity contribution in [3.05, 3.63) is 0 Å². The molecule has 0 aromatic rings. The molecule has 0 N–H and O–H groups in total. The van der Waals surface area contributed by atoms with Crippen molar-refractivity contribution in [2.24, 2.45) is 0 Å². The fourth-order valence-corrected chi connectivity index (χ4v) is 2.16. The van der Waals surface area contributed by atoms with E-state index in [2.05, 4.69) is 52.1 Å². The van der Waals surface area contributed by atoms with Crippen molar-refractivity contribution in [3.8, 4) is 0 Å². The van der Waals surface area contributed by atoms with E-state index in [9.17, 15) is 0 Å². The first-order valence-electron chi connectivity index (χ1n) is 3.75. The van der Waals surface area contributed by atoms with Crippen molar-refractivity contribution in [2.75, 3.05) is 13.1 Å². The van der Waals surface area contributed by atoms with E-state index in [1.54, 1.807) is 0 Å². The molecule has 6 heteroatoms. The van der Waals surface area contributed by atoms with Crippen LogP contribution in [0.15, 0.2) is 0 Å². The summed E-state index contributed by atoms with van der Waals surface area (Å²) in [6.07, 6.45) is 3.89. The highest BCUT2D eigenvalue weighted by atomic mass is 80.0. The van der Waals surface area contributed by atoms with E-state index in [1.807, 2.05) is 0 Å². The van der Waals surface area contributed by atoms with Crippen LogP contribution >= 0.6 is 60.0 Å². The second-order valence-electron chi connectivity index (χ2n) is 2.59. The fourth-order valence-electron chi connectivity index (χ4n) is 1.03. The van der Waals surface area contributed by atoms with Gasteiger partial charge in [-0.2, -0.15) is 0 Å². The summed E-state index contributed by atoms with van der Waals surface area (Å²) in [5.41, 5.74) is 0. The van der Waals surface area contributed by atoms with Crippen LogP contribution in [0.25, 0.3) is 0 Å². The van der Waals surface area contributed by atoms with Crippen molar-refractivity contribution in [3.63, 3.8) is 0 Å². The molecule has 1 fully saturated rings. The lowest BCUT2D eigenvalue weighted by molar-refractivity contribution is 0.329.